The van der Waals surface area contributed by atoms with Crippen molar-refractivity contribution >= 4 is 10.4 Å². The van der Waals surface area contributed by atoms with E-state index in [0.29, 0.717) is 12.2 Å². The molecule has 0 heterocycles. The van der Waals surface area contributed by atoms with Gasteiger partial charge in [-0.3, -0.25) is 4.55 Å². The molecule has 0 fully saturated rings. The minimum Gasteiger partial charge on any atom is -0.508 e. The van der Waals surface area contributed by atoms with Gasteiger partial charge in [0.2, 0.25) is 0 Å². The zero-order valence-electron chi connectivity index (χ0n) is 14.5. The van der Waals surface area contributed by atoms with Crippen LogP contribution in [0, 0.1) is 0 Å². The first kappa shape index (κ1) is 22.6. The highest BCUT2D eigenvalue weighted by atomic mass is 32.3. The Kier molecular flexibility index (Phi) is 13.2. The van der Waals surface area contributed by atoms with E-state index in [1.54, 1.807) is 12.1 Å². The van der Waals surface area contributed by atoms with Gasteiger partial charge >= 0.3 is 10.4 Å². The van der Waals surface area contributed by atoms with E-state index < -0.39 is 10.4 Å². The molecule has 0 aliphatic heterocycles. The molecular formula is C18H30O5S. The van der Waals surface area contributed by atoms with E-state index in [9.17, 15) is 13.5 Å². The second-order valence-corrected chi connectivity index (χ2v) is 6.58. The molecule has 5 nitrogen and oxygen atoms in total. The minimum absolute atomic E-state index is 0.0899. The van der Waals surface area contributed by atoms with Gasteiger partial charge in [-0.15, -0.1) is 6.58 Å². The van der Waals surface area contributed by atoms with E-state index in [-0.39, 0.29) is 6.61 Å². The average molecular weight is 358 g/mol. The number of phenolic OH excluding ortho intramolecular Hbond substituents is 1. The fourth-order valence-corrected chi connectivity index (χ4v) is 2.39. The smallest absolute Gasteiger partial charge is 0.397 e. The van der Waals surface area contributed by atoms with Gasteiger partial charge in [0.1, 0.15) is 5.75 Å². The van der Waals surface area contributed by atoms with Gasteiger partial charge in [-0.1, -0.05) is 69.7 Å². The molecule has 2 N–H and O–H groups in total. The Labute approximate surface area is 146 Å². The van der Waals surface area contributed by atoms with Crippen molar-refractivity contribution in [2.75, 3.05) is 6.61 Å². The summed E-state index contributed by atoms with van der Waals surface area (Å²) in [7, 11) is -4.23. The predicted molar refractivity (Wildman–Crippen MR) is 97.5 cm³/mol. The molecule has 138 valence electrons. The van der Waals surface area contributed by atoms with Crippen LogP contribution in [-0.4, -0.2) is 24.7 Å². The molecule has 24 heavy (non-hydrogen) atoms. The molecule has 6 heteroatoms. The SMILES string of the molecule is C=CCc1ccccc1O.CCCCCCCCCOS(=O)(=O)O. The number of hydrogen-bond donors (Lipinski definition) is 2. The summed E-state index contributed by atoms with van der Waals surface area (Å²) in [5.74, 6) is 0.349. The summed E-state index contributed by atoms with van der Waals surface area (Å²) in [4.78, 5) is 0. The van der Waals surface area contributed by atoms with Crippen LogP contribution in [0.25, 0.3) is 0 Å². The number of unbranched alkanes of at least 4 members (excludes halogenated alkanes) is 6. The molecule has 0 saturated carbocycles. The van der Waals surface area contributed by atoms with Gasteiger partial charge in [0.25, 0.3) is 0 Å². The first-order chi connectivity index (χ1) is 11.4. The zero-order valence-corrected chi connectivity index (χ0v) is 15.3. The van der Waals surface area contributed by atoms with E-state index in [0.717, 1.165) is 24.8 Å². The van der Waals surface area contributed by atoms with E-state index in [2.05, 4.69) is 17.7 Å². The summed E-state index contributed by atoms with van der Waals surface area (Å²) >= 11 is 0. The standard InChI is InChI=1S/C9H20O4S.C9H10O/c1-2-3-4-5-6-7-8-9-13-14(10,11)12;1-2-5-8-6-3-4-7-9(8)10/h2-9H2,1H3,(H,10,11,12);2-4,6-7,10H,1,5H2. The third kappa shape index (κ3) is 14.2. The van der Waals surface area contributed by atoms with E-state index in [1.165, 1.54) is 25.7 Å². The Morgan fingerprint density at radius 2 is 1.67 bits per heavy atom. The predicted octanol–water partition coefficient (Wildman–Crippen LogP) is 4.68. The summed E-state index contributed by atoms with van der Waals surface area (Å²) < 4.78 is 32.7. The maximum absolute atomic E-state index is 10.1. The maximum atomic E-state index is 10.1. The van der Waals surface area contributed by atoms with Gasteiger partial charge in [0, 0.05) is 0 Å². The van der Waals surface area contributed by atoms with E-state index >= 15 is 0 Å². The number of allylic oxidation sites excluding steroid dienone is 1. The van der Waals surface area contributed by atoms with Crippen LogP contribution in [-0.2, 0) is 21.0 Å². The van der Waals surface area contributed by atoms with E-state index in [4.69, 9.17) is 4.55 Å². The molecule has 1 aromatic rings. The Bertz CT molecular complexity index is 540. The number of para-hydroxylation sites is 1. The van der Waals surface area contributed by atoms with Crippen LogP contribution in [0.15, 0.2) is 36.9 Å². The molecule has 0 atom stereocenters. The molecule has 0 aromatic heterocycles. The average Bonchev–Trinajstić information content (AvgIpc) is 2.52. The maximum Gasteiger partial charge on any atom is 0.397 e. The number of aromatic hydroxyl groups is 1. The molecule has 1 aromatic carbocycles. The summed E-state index contributed by atoms with van der Waals surface area (Å²) in [5, 5.41) is 9.19. The van der Waals surface area contributed by atoms with Crippen LogP contribution in [0.1, 0.15) is 57.4 Å². The normalized spacial score (nSPS) is 10.8. The van der Waals surface area contributed by atoms with Crippen LogP contribution in [0.5, 0.6) is 5.75 Å². The Morgan fingerprint density at radius 1 is 1.08 bits per heavy atom. The van der Waals surface area contributed by atoms with Crippen molar-refractivity contribution in [3.8, 4) is 5.75 Å². The lowest BCUT2D eigenvalue weighted by atomic mass is 10.1. The molecule has 0 saturated heterocycles. The van der Waals surface area contributed by atoms with Crippen molar-refractivity contribution < 1.29 is 22.3 Å². The van der Waals surface area contributed by atoms with Crippen molar-refractivity contribution in [3.05, 3.63) is 42.5 Å². The summed E-state index contributed by atoms with van der Waals surface area (Å²) in [6.07, 6.45) is 10.2. The van der Waals surface area contributed by atoms with E-state index in [1.807, 2.05) is 18.2 Å². The molecule has 0 spiro atoms. The summed E-state index contributed by atoms with van der Waals surface area (Å²) in [5.41, 5.74) is 0.928. The summed E-state index contributed by atoms with van der Waals surface area (Å²) in [6.45, 7) is 5.84. The second kappa shape index (κ2) is 14.0. The van der Waals surface area contributed by atoms with Gasteiger partial charge in [-0.2, -0.15) is 8.42 Å². The van der Waals surface area contributed by atoms with Crippen LogP contribution < -0.4 is 0 Å². The Morgan fingerprint density at radius 3 is 2.21 bits per heavy atom. The van der Waals surface area contributed by atoms with Crippen LogP contribution >= 0.6 is 0 Å². The summed E-state index contributed by atoms with van der Waals surface area (Å²) in [6, 6.07) is 7.27. The topological polar surface area (TPSA) is 83.8 Å². The first-order valence-corrected chi connectivity index (χ1v) is 9.76. The van der Waals surface area contributed by atoms with Crippen molar-refractivity contribution in [1.29, 1.82) is 0 Å². The van der Waals surface area contributed by atoms with Crippen molar-refractivity contribution in [2.45, 2.75) is 58.3 Å². The molecule has 0 radical (unpaired) electrons. The molecule has 0 unspecified atom stereocenters. The molecule has 1 rings (SSSR count). The second-order valence-electron chi connectivity index (χ2n) is 5.49. The lowest BCUT2D eigenvalue weighted by Crippen LogP contribution is -2.04. The fourth-order valence-electron chi connectivity index (χ4n) is 2.06. The third-order valence-electron chi connectivity index (χ3n) is 3.34. The monoisotopic (exact) mass is 358 g/mol. The van der Waals surface area contributed by atoms with Crippen molar-refractivity contribution in [2.24, 2.45) is 0 Å². The third-order valence-corrected chi connectivity index (χ3v) is 3.80. The Balaban J connectivity index is 0.000000463. The number of rotatable bonds is 11. The molecule has 0 aliphatic carbocycles. The van der Waals surface area contributed by atoms with Gasteiger partial charge in [-0.25, -0.2) is 4.18 Å². The highest BCUT2D eigenvalue weighted by Crippen LogP contribution is 2.15. The lowest BCUT2D eigenvalue weighted by molar-refractivity contribution is 0.261. The van der Waals surface area contributed by atoms with Crippen molar-refractivity contribution in [1.82, 2.24) is 0 Å². The fraction of sp³-hybridized carbons (Fsp3) is 0.556. The van der Waals surface area contributed by atoms with Gasteiger partial charge in [-0.05, 0) is 24.5 Å². The van der Waals surface area contributed by atoms with Crippen LogP contribution in [0.2, 0.25) is 0 Å². The van der Waals surface area contributed by atoms with Crippen LogP contribution in [0.4, 0.5) is 0 Å². The quantitative estimate of drug-likeness (QED) is 0.341. The highest BCUT2D eigenvalue weighted by Gasteiger charge is 2.02. The van der Waals surface area contributed by atoms with Crippen LogP contribution in [0.3, 0.4) is 0 Å². The lowest BCUT2D eigenvalue weighted by Gasteiger charge is -2.00. The highest BCUT2D eigenvalue weighted by molar-refractivity contribution is 7.80. The van der Waals surface area contributed by atoms with Crippen molar-refractivity contribution in [3.63, 3.8) is 0 Å². The van der Waals surface area contributed by atoms with Gasteiger partial charge in [0.05, 0.1) is 6.61 Å². The molecular weight excluding hydrogens is 328 g/mol. The number of benzene rings is 1. The van der Waals surface area contributed by atoms with Gasteiger partial charge in [0.15, 0.2) is 0 Å². The molecule has 0 aliphatic rings. The van der Waals surface area contributed by atoms with Gasteiger partial charge < -0.3 is 5.11 Å². The first-order valence-electron chi connectivity index (χ1n) is 8.40. The largest absolute Gasteiger partial charge is 0.508 e. The number of hydrogen-bond acceptors (Lipinski definition) is 4. The molecule has 0 amide bonds. The Hall–Kier alpha value is -1.37. The minimum atomic E-state index is -4.23. The zero-order chi connectivity index (χ0) is 18.3. The number of phenols is 1. The molecule has 0 bridgehead atoms.